The molecule has 0 aliphatic rings. The van der Waals surface area contributed by atoms with E-state index in [-0.39, 0.29) is 6.04 Å². The lowest BCUT2D eigenvalue weighted by atomic mass is 10.1. The molecule has 3 nitrogen and oxygen atoms in total. The Balaban J connectivity index is 1.85. The van der Waals surface area contributed by atoms with Crippen LogP contribution in [0.2, 0.25) is 5.02 Å². The van der Waals surface area contributed by atoms with Gasteiger partial charge in [-0.3, -0.25) is 4.68 Å². The second-order valence-electron chi connectivity index (χ2n) is 3.97. The standard InChI is InChI=1S/C13H16ClN3/c1-11(12-5-2-3-6-13(12)14)15-8-10-17-9-4-7-16-17/h2-7,9,11,15H,8,10H2,1H3/t11-/m0/s1. The molecular formula is C13H16ClN3. The predicted molar refractivity (Wildman–Crippen MR) is 70.1 cm³/mol. The molecule has 0 saturated carbocycles. The van der Waals surface area contributed by atoms with E-state index in [0.717, 1.165) is 23.7 Å². The van der Waals surface area contributed by atoms with Crippen molar-refractivity contribution in [2.24, 2.45) is 0 Å². The molecule has 0 fully saturated rings. The van der Waals surface area contributed by atoms with Crippen LogP contribution in [0.3, 0.4) is 0 Å². The zero-order valence-electron chi connectivity index (χ0n) is 9.81. The predicted octanol–water partition coefficient (Wildman–Crippen LogP) is 2.89. The maximum Gasteiger partial charge on any atom is 0.0534 e. The molecule has 1 aromatic heterocycles. The first-order valence-electron chi connectivity index (χ1n) is 5.72. The average Bonchev–Trinajstić information content (AvgIpc) is 2.82. The number of aromatic nitrogens is 2. The van der Waals surface area contributed by atoms with Crippen LogP contribution in [0, 0.1) is 0 Å². The van der Waals surface area contributed by atoms with E-state index >= 15 is 0 Å². The minimum atomic E-state index is 0.249. The second-order valence-corrected chi connectivity index (χ2v) is 4.37. The van der Waals surface area contributed by atoms with Gasteiger partial charge < -0.3 is 5.32 Å². The molecule has 0 saturated heterocycles. The van der Waals surface area contributed by atoms with Crippen LogP contribution in [0.4, 0.5) is 0 Å². The number of rotatable bonds is 5. The molecular weight excluding hydrogens is 234 g/mol. The lowest BCUT2D eigenvalue weighted by molar-refractivity contribution is 0.507. The smallest absolute Gasteiger partial charge is 0.0534 e. The third kappa shape index (κ3) is 3.32. The molecule has 1 aromatic carbocycles. The van der Waals surface area contributed by atoms with Crippen molar-refractivity contribution in [3.63, 3.8) is 0 Å². The van der Waals surface area contributed by atoms with Crippen LogP contribution in [-0.2, 0) is 6.54 Å². The van der Waals surface area contributed by atoms with Crippen LogP contribution in [0.15, 0.2) is 42.7 Å². The van der Waals surface area contributed by atoms with Crippen LogP contribution in [0.5, 0.6) is 0 Å². The Morgan fingerprint density at radius 1 is 1.35 bits per heavy atom. The molecule has 1 atom stereocenters. The van der Waals surface area contributed by atoms with Gasteiger partial charge in [-0.15, -0.1) is 0 Å². The summed E-state index contributed by atoms with van der Waals surface area (Å²) in [6.07, 6.45) is 3.75. The van der Waals surface area contributed by atoms with Crippen molar-refractivity contribution in [3.8, 4) is 0 Å². The van der Waals surface area contributed by atoms with Gasteiger partial charge in [0.2, 0.25) is 0 Å². The van der Waals surface area contributed by atoms with E-state index in [1.807, 2.05) is 41.2 Å². The van der Waals surface area contributed by atoms with E-state index in [1.54, 1.807) is 6.20 Å². The average molecular weight is 250 g/mol. The monoisotopic (exact) mass is 249 g/mol. The Kier molecular flexibility index (Phi) is 4.18. The normalized spacial score (nSPS) is 12.6. The van der Waals surface area contributed by atoms with E-state index < -0.39 is 0 Å². The number of hydrogen-bond acceptors (Lipinski definition) is 2. The number of hydrogen-bond donors (Lipinski definition) is 1. The van der Waals surface area contributed by atoms with Crippen molar-refractivity contribution in [3.05, 3.63) is 53.3 Å². The van der Waals surface area contributed by atoms with E-state index in [1.165, 1.54) is 0 Å². The molecule has 0 bridgehead atoms. The number of benzene rings is 1. The van der Waals surface area contributed by atoms with Gasteiger partial charge in [-0.2, -0.15) is 5.10 Å². The molecule has 2 rings (SSSR count). The summed E-state index contributed by atoms with van der Waals surface area (Å²) in [4.78, 5) is 0. The third-order valence-electron chi connectivity index (χ3n) is 2.72. The summed E-state index contributed by atoms with van der Waals surface area (Å²) >= 11 is 6.14. The van der Waals surface area contributed by atoms with E-state index in [9.17, 15) is 0 Å². The summed E-state index contributed by atoms with van der Waals surface area (Å²) in [5, 5.41) is 8.40. The molecule has 0 spiro atoms. The highest BCUT2D eigenvalue weighted by Crippen LogP contribution is 2.21. The number of halogens is 1. The molecule has 4 heteroatoms. The van der Waals surface area contributed by atoms with Crippen molar-refractivity contribution in [1.29, 1.82) is 0 Å². The summed E-state index contributed by atoms with van der Waals surface area (Å²) in [6.45, 7) is 3.85. The first-order valence-corrected chi connectivity index (χ1v) is 6.10. The molecule has 2 aromatic rings. The lowest BCUT2D eigenvalue weighted by Gasteiger charge is -2.15. The van der Waals surface area contributed by atoms with Crippen molar-refractivity contribution >= 4 is 11.6 Å². The lowest BCUT2D eigenvalue weighted by Crippen LogP contribution is -2.23. The maximum absolute atomic E-state index is 6.14. The quantitative estimate of drug-likeness (QED) is 0.883. The Morgan fingerprint density at radius 3 is 2.88 bits per heavy atom. The van der Waals surface area contributed by atoms with E-state index in [4.69, 9.17) is 11.6 Å². The zero-order valence-corrected chi connectivity index (χ0v) is 10.6. The molecule has 1 N–H and O–H groups in total. The van der Waals surface area contributed by atoms with Gasteiger partial charge in [0.1, 0.15) is 0 Å². The topological polar surface area (TPSA) is 29.9 Å². The Bertz CT molecular complexity index is 453. The fraction of sp³-hybridized carbons (Fsp3) is 0.308. The zero-order chi connectivity index (χ0) is 12.1. The van der Waals surface area contributed by atoms with Crippen molar-refractivity contribution in [1.82, 2.24) is 15.1 Å². The van der Waals surface area contributed by atoms with Gasteiger partial charge >= 0.3 is 0 Å². The van der Waals surface area contributed by atoms with Crippen molar-refractivity contribution in [2.45, 2.75) is 19.5 Å². The molecule has 17 heavy (non-hydrogen) atoms. The Labute approximate surface area is 106 Å². The molecule has 0 aliphatic heterocycles. The third-order valence-corrected chi connectivity index (χ3v) is 3.07. The van der Waals surface area contributed by atoms with Gasteiger partial charge in [0, 0.05) is 30.0 Å². The maximum atomic E-state index is 6.14. The summed E-state index contributed by atoms with van der Waals surface area (Å²) in [6, 6.07) is 10.1. The van der Waals surface area contributed by atoms with Gasteiger partial charge in [-0.25, -0.2) is 0 Å². The first-order chi connectivity index (χ1) is 8.27. The second kappa shape index (κ2) is 5.84. The molecule has 0 unspecified atom stereocenters. The summed E-state index contributed by atoms with van der Waals surface area (Å²) in [5.41, 5.74) is 1.13. The van der Waals surface area contributed by atoms with Gasteiger partial charge in [0.25, 0.3) is 0 Å². The molecule has 90 valence electrons. The van der Waals surface area contributed by atoms with E-state index in [2.05, 4.69) is 17.3 Å². The largest absolute Gasteiger partial charge is 0.308 e. The minimum Gasteiger partial charge on any atom is -0.308 e. The van der Waals surface area contributed by atoms with Gasteiger partial charge in [0.15, 0.2) is 0 Å². The van der Waals surface area contributed by atoms with Crippen LogP contribution >= 0.6 is 11.6 Å². The van der Waals surface area contributed by atoms with Crippen LogP contribution in [0.1, 0.15) is 18.5 Å². The number of nitrogens with one attached hydrogen (secondary N) is 1. The van der Waals surface area contributed by atoms with E-state index in [0.29, 0.717) is 0 Å². The minimum absolute atomic E-state index is 0.249. The summed E-state index contributed by atoms with van der Waals surface area (Å²) in [5.74, 6) is 0. The summed E-state index contributed by atoms with van der Waals surface area (Å²) < 4.78 is 1.91. The number of nitrogens with zero attached hydrogens (tertiary/aromatic N) is 2. The van der Waals surface area contributed by atoms with Crippen LogP contribution in [0.25, 0.3) is 0 Å². The SMILES string of the molecule is C[C@H](NCCn1cccn1)c1ccccc1Cl. The Hall–Kier alpha value is -1.32. The first kappa shape index (κ1) is 12.1. The Morgan fingerprint density at radius 2 is 2.18 bits per heavy atom. The highest BCUT2D eigenvalue weighted by atomic mass is 35.5. The molecule has 1 heterocycles. The molecule has 0 aliphatic carbocycles. The van der Waals surface area contributed by atoms with Gasteiger partial charge in [-0.05, 0) is 24.6 Å². The van der Waals surface area contributed by atoms with Gasteiger partial charge in [-0.1, -0.05) is 29.8 Å². The van der Waals surface area contributed by atoms with Gasteiger partial charge in [0.05, 0.1) is 6.54 Å². The van der Waals surface area contributed by atoms with Crippen molar-refractivity contribution < 1.29 is 0 Å². The van der Waals surface area contributed by atoms with Crippen LogP contribution < -0.4 is 5.32 Å². The summed E-state index contributed by atoms with van der Waals surface area (Å²) in [7, 11) is 0. The fourth-order valence-electron chi connectivity index (χ4n) is 1.76. The fourth-order valence-corrected chi connectivity index (χ4v) is 2.06. The van der Waals surface area contributed by atoms with Crippen molar-refractivity contribution in [2.75, 3.05) is 6.54 Å². The van der Waals surface area contributed by atoms with Crippen LogP contribution in [-0.4, -0.2) is 16.3 Å². The molecule has 0 radical (unpaired) electrons. The molecule has 0 amide bonds. The highest BCUT2D eigenvalue weighted by molar-refractivity contribution is 6.31. The highest BCUT2D eigenvalue weighted by Gasteiger charge is 2.07.